The van der Waals surface area contributed by atoms with E-state index in [4.69, 9.17) is 10.00 Å². The van der Waals surface area contributed by atoms with Crippen LogP contribution in [0.1, 0.15) is 31.0 Å². The number of hydrogen-bond donors (Lipinski definition) is 1. The first-order chi connectivity index (χ1) is 10.1. The average Bonchev–Trinajstić information content (AvgIpc) is 2.94. The van der Waals surface area contributed by atoms with Crippen molar-refractivity contribution in [2.24, 2.45) is 0 Å². The van der Waals surface area contributed by atoms with Crippen LogP contribution < -0.4 is 10.1 Å². The van der Waals surface area contributed by atoms with Gasteiger partial charge in [-0.2, -0.15) is 5.26 Å². The molecule has 0 atom stereocenters. The Kier molecular flexibility index (Phi) is 4.90. The predicted molar refractivity (Wildman–Crippen MR) is 81.5 cm³/mol. The summed E-state index contributed by atoms with van der Waals surface area (Å²) in [6, 6.07) is 8.82. The third-order valence-electron chi connectivity index (χ3n) is 2.73. The number of ether oxygens (including phenoxy) is 1. The van der Waals surface area contributed by atoms with Crippen LogP contribution >= 0.6 is 11.3 Å². The van der Waals surface area contributed by atoms with Gasteiger partial charge in [0.05, 0.1) is 11.3 Å². The van der Waals surface area contributed by atoms with Gasteiger partial charge >= 0.3 is 0 Å². The Balaban J connectivity index is 1.91. The number of hydrogen-bond acceptors (Lipinski definition) is 5. The van der Waals surface area contributed by atoms with Gasteiger partial charge in [0.15, 0.2) is 11.7 Å². The Hall–Kier alpha value is -2.39. The molecule has 0 bridgehead atoms. The molecule has 2 rings (SSSR count). The van der Waals surface area contributed by atoms with Gasteiger partial charge < -0.3 is 4.74 Å². The van der Waals surface area contributed by atoms with E-state index in [1.807, 2.05) is 25.3 Å². The molecule has 0 saturated carbocycles. The molecule has 1 N–H and O–H groups in total. The van der Waals surface area contributed by atoms with E-state index in [2.05, 4.69) is 10.3 Å². The van der Waals surface area contributed by atoms with E-state index in [1.165, 1.54) is 11.3 Å². The average molecular weight is 301 g/mol. The second kappa shape index (κ2) is 6.86. The van der Waals surface area contributed by atoms with Crippen molar-refractivity contribution in [3.8, 4) is 11.8 Å². The quantitative estimate of drug-likeness (QED) is 0.920. The number of thiazole rings is 1. The number of nitrogens with zero attached hydrogens (tertiary/aromatic N) is 2. The topological polar surface area (TPSA) is 75.0 Å². The Morgan fingerprint density at radius 1 is 1.48 bits per heavy atom. The first kappa shape index (κ1) is 15.0. The number of benzene rings is 1. The molecular formula is C15H15N3O2S. The molecule has 0 fully saturated rings. The maximum Gasteiger partial charge on any atom is 0.264 e. The molecule has 1 heterocycles. The summed E-state index contributed by atoms with van der Waals surface area (Å²) in [5, 5.41) is 14.1. The van der Waals surface area contributed by atoms with Gasteiger partial charge in [-0.1, -0.05) is 26.0 Å². The number of rotatable bonds is 5. The Morgan fingerprint density at radius 3 is 2.90 bits per heavy atom. The van der Waals surface area contributed by atoms with Crippen molar-refractivity contribution in [3.63, 3.8) is 0 Å². The highest BCUT2D eigenvalue weighted by molar-refractivity contribution is 7.13. The number of nitrogens with one attached hydrogen (secondary N) is 1. The van der Waals surface area contributed by atoms with E-state index < -0.39 is 0 Å². The van der Waals surface area contributed by atoms with E-state index in [9.17, 15) is 4.79 Å². The van der Waals surface area contributed by atoms with Gasteiger partial charge in [0.25, 0.3) is 5.91 Å². The van der Waals surface area contributed by atoms with Crippen molar-refractivity contribution in [2.75, 3.05) is 11.9 Å². The van der Waals surface area contributed by atoms with Crippen LogP contribution in [0.25, 0.3) is 0 Å². The Morgan fingerprint density at radius 2 is 2.24 bits per heavy atom. The second-order valence-electron chi connectivity index (χ2n) is 4.68. The molecule has 1 aromatic carbocycles. The van der Waals surface area contributed by atoms with Gasteiger partial charge in [0.2, 0.25) is 0 Å². The smallest absolute Gasteiger partial charge is 0.264 e. The number of para-hydroxylation sites is 1. The molecule has 0 unspecified atom stereocenters. The number of nitriles is 1. The van der Waals surface area contributed by atoms with Crippen LogP contribution in [-0.2, 0) is 4.79 Å². The van der Waals surface area contributed by atoms with Gasteiger partial charge in [-0.25, -0.2) is 4.98 Å². The molecule has 108 valence electrons. The number of carbonyl (C=O) groups is 1. The zero-order valence-electron chi connectivity index (χ0n) is 11.8. The summed E-state index contributed by atoms with van der Waals surface area (Å²) < 4.78 is 5.36. The summed E-state index contributed by atoms with van der Waals surface area (Å²) in [5.41, 5.74) is 1.35. The summed E-state index contributed by atoms with van der Waals surface area (Å²) in [5.74, 6) is 0.426. The van der Waals surface area contributed by atoms with Gasteiger partial charge in [-0.3, -0.25) is 10.1 Å². The van der Waals surface area contributed by atoms with E-state index in [-0.39, 0.29) is 12.5 Å². The van der Waals surface area contributed by atoms with Crippen molar-refractivity contribution in [1.82, 2.24) is 4.98 Å². The van der Waals surface area contributed by atoms with Gasteiger partial charge in [0.1, 0.15) is 11.8 Å². The zero-order chi connectivity index (χ0) is 15.2. The molecule has 1 amide bonds. The van der Waals surface area contributed by atoms with E-state index in [1.54, 1.807) is 24.3 Å². The molecule has 0 aliphatic rings. The van der Waals surface area contributed by atoms with Crippen molar-refractivity contribution < 1.29 is 9.53 Å². The first-order valence-corrected chi connectivity index (χ1v) is 7.35. The minimum atomic E-state index is -0.299. The summed E-state index contributed by atoms with van der Waals surface area (Å²) in [4.78, 5) is 16.1. The number of aromatic nitrogens is 1. The number of anilines is 1. The number of carbonyl (C=O) groups excluding carboxylic acids is 1. The zero-order valence-corrected chi connectivity index (χ0v) is 12.6. The minimum absolute atomic E-state index is 0.157. The fraction of sp³-hybridized carbons (Fsp3) is 0.267. The lowest BCUT2D eigenvalue weighted by molar-refractivity contribution is -0.118. The molecule has 21 heavy (non-hydrogen) atoms. The first-order valence-electron chi connectivity index (χ1n) is 6.47. The third-order valence-corrected chi connectivity index (χ3v) is 3.50. The van der Waals surface area contributed by atoms with Crippen LogP contribution in [-0.4, -0.2) is 17.5 Å². The molecule has 0 aliphatic heterocycles. The highest BCUT2D eigenvalue weighted by Crippen LogP contribution is 2.21. The molecule has 0 aliphatic carbocycles. The monoisotopic (exact) mass is 301 g/mol. The maximum absolute atomic E-state index is 11.8. The van der Waals surface area contributed by atoms with Crippen LogP contribution in [0.4, 0.5) is 5.13 Å². The Bertz CT molecular complexity index is 674. The molecule has 5 nitrogen and oxygen atoms in total. The molecular weight excluding hydrogens is 286 g/mol. The second-order valence-corrected chi connectivity index (χ2v) is 5.54. The number of amides is 1. The van der Waals surface area contributed by atoms with Crippen LogP contribution in [0.2, 0.25) is 0 Å². The summed E-state index contributed by atoms with van der Waals surface area (Å²) in [6.45, 7) is 3.93. The normalized spacial score (nSPS) is 10.2. The fourth-order valence-corrected chi connectivity index (χ4v) is 2.48. The highest BCUT2D eigenvalue weighted by atomic mass is 32.1. The van der Waals surface area contributed by atoms with E-state index in [0.717, 1.165) is 5.69 Å². The van der Waals surface area contributed by atoms with Crippen molar-refractivity contribution >= 4 is 22.4 Å². The fourth-order valence-electron chi connectivity index (χ4n) is 1.59. The lowest BCUT2D eigenvalue weighted by Crippen LogP contribution is -2.20. The molecule has 0 saturated heterocycles. The van der Waals surface area contributed by atoms with Gasteiger partial charge in [-0.15, -0.1) is 11.3 Å². The third kappa shape index (κ3) is 4.04. The molecule has 0 radical (unpaired) electrons. The predicted octanol–water partition coefficient (Wildman–Crippen LogP) is 3.16. The molecule has 0 spiro atoms. The van der Waals surface area contributed by atoms with Crippen molar-refractivity contribution in [1.29, 1.82) is 5.26 Å². The summed E-state index contributed by atoms with van der Waals surface area (Å²) in [7, 11) is 0. The van der Waals surface area contributed by atoms with Crippen LogP contribution in [0, 0.1) is 11.3 Å². The lowest BCUT2D eigenvalue weighted by Gasteiger charge is -2.07. The van der Waals surface area contributed by atoms with Gasteiger partial charge in [0, 0.05) is 5.38 Å². The molecule has 6 heteroatoms. The molecule has 1 aromatic heterocycles. The van der Waals surface area contributed by atoms with Crippen LogP contribution in [0.3, 0.4) is 0 Å². The SMILES string of the molecule is CC(C)c1csc(NC(=O)COc2ccccc2C#N)n1. The van der Waals surface area contributed by atoms with E-state index >= 15 is 0 Å². The van der Waals surface area contributed by atoms with Crippen LogP contribution in [0.5, 0.6) is 5.75 Å². The van der Waals surface area contributed by atoms with Gasteiger partial charge in [-0.05, 0) is 18.1 Å². The Labute approximate surface area is 127 Å². The van der Waals surface area contributed by atoms with Crippen molar-refractivity contribution in [3.05, 3.63) is 40.9 Å². The minimum Gasteiger partial charge on any atom is -0.482 e. The van der Waals surface area contributed by atoms with Crippen LogP contribution in [0.15, 0.2) is 29.6 Å². The largest absolute Gasteiger partial charge is 0.482 e. The standard InChI is InChI=1S/C15H15N3O2S/c1-10(2)12-9-21-15(17-12)18-14(19)8-20-13-6-4-3-5-11(13)7-16/h3-6,9-10H,8H2,1-2H3,(H,17,18,19). The van der Waals surface area contributed by atoms with E-state index in [0.29, 0.717) is 22.4 Å². The van der Waals surface area contributed by atoms with Crippen molar-refractivity contribution in [2.45, 2.75) is 19.8 Å². The lowest BCUT2D eigenvalue weighted by atomic mass is 10.2. The summed E-state index contributed by atoms with van der Waals surface area (Å²) in [6.07, 6.45) is 0. The highest BCUT2D eigenvalue weighted by Gasteiger charge is 2.10. The molecule has 2 aromatic rings. The summed E-state index contributed by atoms with van der Waals surface area (Å²) >= 11 is 1.38. The maximum atomic E-state index is 11.8.